The van der Waals surface area contributed by atoms with Gasteiger partial charge in [-0.2, -0.15) is 0 Å². The lowest BCUT2D eigenvalue weighted by atomic mass is 9.92. The number of nitrogens with two attached hydrogens (primary N) is 1. The van der Waals surface area contributed by atoms with Gasteiger partial charge in [-0.15, -0.1) is 0 Å². The minimum absolute atomic E-state index is 0.157. The van der Waals surface area contributed by atoms with E-state index >= 15 is 0 Å². The molecule has 1 aliphatic rings. The third-order valence-corrected chi connectivity index (χ3v) is 4.63. The second-order valence-corrected chi connectivity index (χ2v) is 6.84. The molecule has 1 heterocycles. The number of benzene rings is 1. The molecule has 1 aromatic carbocycles. The van der Waals surface area contributed by atoms with Crippen molar-refractivity contribution in [1.82, 2.24) is 10.2 Å². The number of morpholine rings is 1. The van der Waals surface area contributed by atoms with Crippen LogP contribution in [0.1, 0.15) is 19.4 Å². The summed E-state index contributed by atoms with van der Waals surface area (Å²) in [7, 11) is 0. The summed E-state index contributed by atoms with van der Waals surface area (Å²) in [5.74, 6) is -0.157. The zero-order chi connectivity index (χ0) is 16.2. The van der Waals surface area contributed by atoms with Gasteiger partial charge in [-0.25, -0.2) is 0 Å². The Morgan fingerprint density at radius 1 is 1.50 bits per heavy atom. The van der Waals surface area contributed by atoms with Crippen molar-refractivity contribution in [1.29, 1.82) is 0 Å². The van der Waals surface area contributed by atoms with Crippen molar-refractivity contribution in [3.63, 3.8) is 0 Å². The van der Waals surface area contributed by atoms with E-state index in [2.05, 4.69) is 33.1 Å². The van der Waals surface area contributed by atoms with E-state index in [0.29, 0.717) is 12.6 Å². The van der Waals surface area contributed by atoms with Crippen LogP contribution in [0.3, 0.4) is 0 Å². The molecule has 1 aliphatic heterocycles. The smallest absolute Gasteiger partial charge is 0.244 e. The summed E-state index contributed by atoms with van der Waals surface area (Å²) in [4.78, 5) is 14.7. The van der Waals surface area contributed by atoms with Crippen molar-refractivity contribution in [2.45, 2.75) is 25.4 Å². The summed E-state index contributed by atoms with van der Waals surface area (Å²) in [5, 5.41) is 2.95. The predicted octanol–water partition coefficient (Wildman–Crippen LogP) is 1.46. The van der Waals surface area contributed by atoms with E-state index in [-0.39, 0.29) is 5.91 Å². The first kappa shape index (κ1) is 17.4. The van der Waals surface area contributed by atoms with Crippen LogP contribution < -0.4 is 11.1 Å². The number of ether oxygens (including phenoxy) is 1. The van der Waals surface area contributed by atoms with E-state index in [1.54, 1.807) is 6.92 Å². The van der Waals surface area contributed by atoms with Gasteiger partial charge in [0.15, 0.2) is 0 Å². The highest BCUT2D eigenvalue weighted by molar-refractivity contribution is 9.10. The van der Waals surface area contributed by atoms with Crippen molar-refractivity contribution < 1.29 is 9.53 Å². The van der Waals surface area contributed by atoms with Crippen LogP contribution in [0, 0.1) is 0 Å². The quantitative estimate of drug-likeness (QED) is 0.824. The maximum absolute atomic E-state index is 12.4. The highest BCUT2D eigenvalue weighted by Crippen LogP contribution is 2.20. The van der Waals surface area contributed by atoms with Crippen LogP contribution in [-0.2, 0) is 15.1 Å². The van der Waals surface area contributed by atoms with E-state index in [0.717, 1.165) is 36.3 Å². The fraction of sp³-hybridized carbons (Fsp3) is 0.562. The number of halogens is 1. The molecule has 6 heteroatoms. The van der Waals surface area contributed by atoms with Crippen LogP contribution in [0.4, 0.5) is 0 Å². The van der Waals surface area contributed by atoms with Gasteiger partial charge >= 0.3 is 0 Å². The Morgan fingerprint density at radius 3 is 2.82 bits per heavy atom. The van der Waals surface area contributed by atoms with Gasteiger partial charge in [-0.1, -0.05) is 28.1 Å². The largest absolute Gasteiger partial charge is 0.379 e. The SMILES string of the molecule is CC1COCCN1CCNC(=O)C(C)(N)c1ccc(Br)cc1. The lowest BCUT2D eigenvalue weighted by Gasteiger charge is -2.33. The molecule has 0 spiro atoms. The van der Waals surface area contributed by atoms with Gasteiger partial charge in [0.25, 0.3) is 0 Å². The normalized spacial score (nSPS) is 22.1. The van der Waals surface area contributed by atoms with Gasteiger partial charge in [-0.3, -0.25) is 9.69 Å². The van der Waals surface area contributed by atoms with E-state index in [1.165, 1.54) is 0 Å². The molecule has 3 N–H and O–H groups in total. The molecule has 2 rings (SSSR count). The average molecular weight is 370 g/mol. The third kappa shape index (κ3) is 4.29. The molecule has 1 saturated heterocycles. The molecule has 0 bridgehead atoms. The van der Waals surface area contributed by atoms with Crippen molar-refractivity contribution in [3.05, 3.63) is 34.3 Å². The van der Waals surface area contributed by atoms with Gasteiger partial charge in [0.1, 0.15) is 5.54 Å². The first-order valence-electron chi connectivity index (χ1n) is 7.56. The Labute approximate surface area is 140 Å². The topological polar surface area (TPSA) is 67.6 Å². The van der Waals surface area contributed by atoms with E-state index in [4.69, 9.17) is 10.5 Å². The maximum atomic E-state index is 12.4. The Kier molecular flexibility index (Phi) is 5.97. The molecular weight excluding hydrogens is 346 g/mol. The Bertz CT molecular complexity index is 505. The minimum Gasteiger partial charge on any atom is -0.379 e. The monoisotopic (exact) mass is 369 g/mol. The van der Waals surface area contributed by atoms with Crippen LogP contribution in [0.2, 0.25) is 0 Å². The lowest BCUT2D eigenvalue weighted by Crippen LogP contribution is -2.52. The lowest BCUT2D eigenvalue weighted by molar-refractivity contribution is -0.126. The van der Waals surface area contributed by atoms with E-state index in [1.807, 2.05) is 24.3 Å². The summed E-state index contributed by atoms with van der Waals surface area (Å²) in [6, 6.07) is 7.91. The number of hydrogen-bond donors (Lipinski definition) is 2. The number of rotatable bonds is 5. The van der Waals surface area contributed by atoms with Crippen molar-refractivity contribution in [2.75, 3.05) is 32.8 Å². The van der Waals surface area contributed by atoms with Gasteiger partial charge < -0.3 is 15.8 Å². The molecule has 0 radical (unpaired) electrons. The Hall–Kier alpha value is -0.950. The summed E-state index contributed by atoms with van der Waals surface area (Å²) in [6.45, 7) is 7.69. The zero-order valence-corrected chi connectivity index (χ0v) is 14.7. The molecule has 2 atom stereocenters. The van der Waals surface area contributed by atoms with Gasteiger partial charge in [0.05, 0.1) is 13.2 Å². The number of nitrogens with one attached hydrogen (secondary N) is 1. The fourth-order valence-corrected chi connectivity index (χ4v) is 2.78. The molecule has 1 aromatic rings. The molecule has 5 nitrogen and oxygen atoms in total. The van der Waals surface area contributed by atoms with Crippen LogP contribution >= 0.6 is 15.9 Å². The standard InChI is InChI=1S/C16H24BrN3O2/c1-12-11-22-10-9-20(12)8-7-19-15(21)16(2,18)13-3-5-14(17)6-4-13/h3-6,12H,7-11,18H2,1-2H3,(H,19,21). The van der Waals surface area contributed by atoms with Crippen molar-refractivity contribution in [3.8, 4) is 0 Å². The predicted molar refractivity (Wildman–Crippen MR) is 90.5 cm³/mol. The zero-order valence-electron chi connectivity index (χ0n) is 13.1. The number of carbonyl (C=O) groups is 1. The molecule has 0 aromatic heterocycles. The highest BCUT2D eigenvalue weighted by Gasteiger charge is 2.30. The summed E-state index contributed by atoms with van der Waals surface area (Å²) >= 11 is 3.38. The third-order valence-electron chi connectivity index (χ3n) is 4.11. The molecule has 1 amide bonds. The number of amides is 1. The first-order valence-corrected chi connectivity index (χ1v) is 8.35. The van der Waals surface area contributed by atoms with Gasteiger partial charge in [0.2, 0.25) is 5.91 Å². The fourth-order valence-electron chi connectivity index (χ4n) is 2.52. The summed E-state index contributed by atoms with van der Waals surface area (Å²) in [5.41, 5.74) is 5.99. The summed E-state index contributed by atoms with van der Waals surface area (Å²) in [6.07, 6.45) is 0. The van der Waals surface area contributed by atoms with Gasteiger partial charge in [0, 0.05) is 30.1 Å². The number of carbonyl (C=O) groups excluding carboxylic acids is 1. The molecule has 1 fully saturated rings. The minimum atomic E-state index is -1.03. The average Bonchev–Trinajstić information content (AvgIpc) is 2.49. The van der Waals surface area contributed by atoms with Gasteiger partial charge in [-0.05, 0) is 31.5 Å². The Morgan fingerprint density at radius 2 is 2.18 bits per heavy atom. The first-order chi connectivity index (χ1) is 10.4. The highest BCUT2D eigenvalue weighted by atomic mass is 79.9. The Balaban J connectivity index is 1.86. The molecule has 2 unspecified atom stereocenters. The van der Waals surface area contributed by atoms with Crippen LogP contribution in [0.25, 0.3) is 0 Å². The van der Waals surface area contributed by atoms with E-state index < -0.39 is 5.54 Å². The van der Waals surface area contributed by atoms with Crippen LogP contribution in [0.5, 0.6) is 0 Å². The molecule has 0 saturated carbocycles. The van der Waals surface area contributed by atoms with E-state index in [9.17, 15) is 4.79 Å². The van der Waals surface area contributed by atoms with Crippen molar-refractivity contribution >= 4 is 21.8 Å². The number of hydrogen-bond acceptors (Lipinski definition) is 4. The molecule has 122 valence electrons. The summed E-state index contributed by atoms with van der Waals surface area (Å²) < 4.78 is 6.37. The maximum Gasteiger partial charge on any atom is 0.244 e. The number of nitrogens with zero attached hydrogens (tertiary/aromatic N) is 1. The van der Waals surface area contributed by atoms with Crippen molar-refractivity contribution in [2.24, 2.45) is 5.73 Å². The molecule has 0 aliphatic carbocycles. The second-order valence-electron chi connectivity index (χ2n) is 5.93. The molecule has 22 heavy (non-hydrogen) atoms. The van der Waals surface area contributed by atoms with Crippen LogP contribution in [-0.4, -0.2) is 49.7 Å². The van der Waals surface area contributed by atoms with Crippen LogP contribution in [0.15, 0.2) is 28.7 Å². The molecular formula is C16H24BrN3O2. The second kappa shape index (κ2) is 7.55.